The molecule has 0 spiro atoms. The molecule has 160 valence electrons. The van der Waals surface area contributed by atoms with E-state index in [1.54, 1.807) is 39.0 Å². The van der Waals surface area contributed by atoms with Crippen LogP contribution in [0.2, 0.25) is 0 Å². The number of hydrogen-bond acceptors (Lipinski definition) is 5. The van der Waals surface area contributed by atoms with Gasteiger partial charge in [-0.05, 0) is 36.5 Å². The molecule has 1 aliphatic heterocycles. The summed E-state index contributed by atoms with van der Waals surface area (Å²) in [7, 11) is 0. The lowest BCUT2D eigenvalue weighted by atomic mass is 9.81. The Morgan fingerprint density at radius 3 is 2.17 bits per heavy atom. The van der Waals surface area contributed by atoms with Crippen molar-refractivity contribution in [1.29, 1.82) is 0 Å². The first-order valence-electron chi connectivity index (χ1n) is 9.99. The van der Waals surface area contributed by atoms with Crippen LogP contribution in [-0.2, 0) is 19.1 Å². The molecule has 2 saturated carbocycles. The van der Waals surface area contributed by atoms with Crippen molar-refractivity contribution in [3.05, 3.63) is 29.8 Å². The highest BCUT2D eigenvalue weighted by molar-refractivity contribution is 9.12. The Morgan fingerprint density at radius 2 is 1.63 bits per heavy atom. The van der Waals surface area contributed by atoms with Gasteiger partial charge in [0.05, 0.1) is 23.1 Å². The number of imide groups is 1. The quantitative estimate of drug-likeness (QED) is 0.330. The van der Waals surface area contributed by atoms with E-state index < -0.39 is 11.4 Å². The first-order chi connectivity index (χ1) is 14.0. The third kappa shape index (κ3) is 3.36. The third-order valence-electron chi connectivity index (χ3n) is 6.50. The van der Waals surface area contributed by atoms with Crippen LogP contribution in [0.3, 0.4) is 0 Å². The summed E-state index contributed by atoms with van der Waals surface area (Å²) in [6.45, 7) is 4.95. The first kappa shape index (κ1) is 21.7. The molecule has 6 atom stereocenters. The maximum absolute atomic E-state index is 13.2. The Bertz CT molecular complexity index is 908. The highest BCUT2D eigenvalue weighted by atomic mass is 79.9. The van der Waals surface area contributed by atoms with Crippen molar-refractivity contribution in [3.8, 4) is 0 Å². The van der Waals surface area contributed by atoms with E-state index in [-0.39, 0.29) is 63.1 Å². The number of hydrogen-bond donors (Lipinski definition) is 0. The van der Waals surface area contributed by atoms with E-state index in [9.17, 15) is 19.2 Å². The number of carbonyl (C=O) groups is 4. The molecule has 4 rings (SSSR count). The zero-order valence-electron chi connectivity index (χ0n) is 16.9. The molecule has 0 aromatic heterocycles. The normalized spacial score (nSPS) is 32.5. The van der Waals surface area contributed by atoms with Crippen LogP contribution in [0.5, 0.6) is 0 Å². The Hall–Kier alpha value is -1.54. The molecule has 8 heteroatoms. The molecule has 0 radical (unpaired) electrons. The number of ether oxygens (including phenoxy) is 1. The minimum atomic E-state index is -0.658. The number of halogens is 2. The van der Waals surface area contributed by atoms with Gasteiger partial charge in [-0.25, -0.2) is 4.79 Å². The third-order valence-corrected chi connectivity index (χ3v) is 9.70. The maximum Gasteiger partial charge on any atom is 0.338 e. The average molecular weight is 541 g/mol. The summed E-state index contributed by atoms with van der Waals surface area (Å²) < 4.78 is 5.15. The number of esters is 1. The van der Waals surface area contributed by atoms with Crippen molar-refractivity contribution < 1.29 is 23.9 Å². The molecule has 1 saturated heterocycles. The Labute approximate surface area is 192 Å². The number of rotatable bonds is 4. The molecule has 1 aromatic carbocycles. The van der Waals surface area contributed by atoms with E-state index in [2.05, 4.69) is 31.9 Å². The Balaban J connectivity index is 1.53. The van der Waals surface area contributed by atoms with Crippen LogP contribution in [0.4, 0.5) is 5.69 Å². The van der Waals surface area contributed by atoms with Crippen LogP contribution in [0.15, 0.2) is 24.3 Å². The minimum absolute atomic E-state index is 0.127. The number of anilines is 1. The second-order valence-electron chi connectivity index (χ2n) is 9.32. The van der Waals surface area contributed by atoms with Crippen molar-refractivity contribution in [2.75, 3.05) is 11.5 Å². The summed E-state index contributed by atoms with van der Waals surface area (Å²) >= 11 is 7.35. The monoisotopic (exact) mass is 539 g/mol. The van der Waals surface area contributed by atoms with Gasteiger partial charge < -0.3 is 4.74 Å². The molecular formula is C22H23Br2NO5. The molecule has 0 unspecified atom stereocenters. The van der Waals surface area contributed by atoms with Gasteiger partial charge in [-0.1, -0.05) is 58.7 Å². The lowest BCUT2D eigenvalue weighted by Crippen LogP contribution is -2.37. The summed E-state index contributed by atoms with van der Waals surface area (Å²) in [5.74, 6) is -1.63. The van der Waals surface area contributed by atoms with Gasteiger partial charge >= 0.3 is 5.97 Å². The molecule has 2 amide bonds. The number of Topliss-reactive ketones (excluding diaryl/α,β-unsaturated/α-hetero) is 1. The fourth-order valence-electron chi connectivity index (χ4n) is 4.81. The lowest BCUT2D eigenvalue weighted by molar-refractivity contribution is -0.129. The summed E-state index contributed by atoms with van der Waals surface area (Å²) in [4.78, 5) is 52.3. The number of amides is 2. The summed E-state index contributed by atoms with van der Waals surface area (Å²) in [5.41, 5.74) is -0.0342. The zero-order chi connectivity index (χ0) is 22.0. The average Bonchev–Trinajstić information content (AvgIpc) is 3.30. The topological polar surface area (TPSA) is 80.8 Å². The van der Waals surface area contributed by atoms with Gasteiger partial charge in [0, 0.05) is 15.1 Å². The number of benzene rings is 1. The van der Waals surface area contributed by atoms with E-state index in [0.29, 0.717) is 5.69 Å². The SMILES string of the molecule is CC(C)(C)C(=O)COC(=O)c1cccc(N2C(=O)[C@@H]3[C@@H]4C[C@@H]([C@@H](Br)[C@@H]4Br)[C@@H]3C2=O)c1. The van der Waals surface area contributed by atoms with Crippen LogP contribution in [0.25, 0.3) is 0 Å². The van der Waals surface area contributed by atoms with E-state index in [1.807, 2.05) is 0 Å². The highest BCUT2D eigenvalue weighted by Gasteiger charge is 2.66. The van der Waals surface area contributed by atoms with E-state index >= 15 is 0 Å². The number of carbonyl (C=O) groups excluding carboxylic acids is 4. The molecule has 6 nitrogen and oxygen atoms in total. The molecule has 0 N–H and O–H groups in total. The molecule has 3 aliphatic rings. The molecule has 3 fully saturated rings. The number of ketones is 1. The van der Waals surface area contributed by atoms with E-state index in [1.165, 1.54) is 11.0 Å². The molecule has 2 bridgehead atoms. The predicted molar refractivity (Wildman–Crippen MR) is 118 cm³/mol. The largest absolute Gasteiger partial charge is 0.454 e. The predicted octanol–water partition coefficient (Wildman–Crippen LogP) is 3.74. The fraction of sp³-hybridized carbons (Fsp3) is 0.545. The zero-order valence-corrected chi connectivity index (χ0v) is 20.1. The van der Waals surface area contributed by atoms with Gasteiger partial charge in [0.1, 0.15) is 0 Å². The number of alkyl halides is 2. The van der Waals surface area contributed by atoms with Crippen LogP contribution in [0.1, 0.15) is 37.6 Å². The molecule has 1 heterocycles. The molecule has 2 aliphatic carbocycles. The van der Waals surface area contributed by atoms with Crippen LogP contribution >= 0.6 is 31.9 Å². The Morgan fingerprint density at radius 1 is 1.07 bits per heavy atom. The van der Waals surface area contributed by atoms with E-state index in [0.717, 1.165) is 6.42 Å². The second kappa shape index (κ2) is 7.55. The van der Waals surface area contributed by atoms with Gasteiger partial charge in [-0.2, -0.15) is 0 Å². The number of nitrogens with zero attached hydrogens (tertiary/aromatic N) is 1. The standard InChI is InChI=1S/C22H23Br2NO5/c1-22(2,3)14(26)9-30-21(29)10-5-4-6-11(7-10)25-19(27)15-12-8-13(16(15)20(25)28)18(24)17(12)23/h4-7,12-13,15-18H,8-9H2,1-3H3/t12-,13+,15+,16-,17-,18-/m1/s1. The second-order valence-corrected chi connectivity index (χ2v) is 11.4. The first-order valence-corrected chi connectivity index (χ1v) is 11.8. The van der Waals surface area contributed by atoms with Gasteiger partial charge in [-0.3, -0.25) is 19.3 Å². The van der Waals surface area contributed by atoms with Gasteiger partial charge in [0.25, 0.3) is 0 Å². The van der Waals surface area contributed by atoms with Gasteiger partial charge in [-0.15, -0.1) is 0 Å². The van der Waals surface area contributed by atoms with Gasteiger partial charge in [0.2, 0.25) is 11.8 Å². The summed E-state index contributed by atoms with van der Waals surface area (Å²) in [5, 5.41) is 0. The fourth-order valence-corrected chi connectivity index (χ4v) is 6.68. The van der Waals surface area contributed by atoms with Crippen LogP contribution in [0, 0.1) is 29.1 Å². The minimum Gasteiger partial charge on any atom is -0.454 e. The maximum atomic E-state index is 13.2. The number of fused-ring (bicyclic) bond motifs is 5. The smallest absolute Gasteiger partial charge is 0.338 e. The molecule has 30 heavy (non-hydrogen) atoms. The van der Waals surface area contributed by atoms with Gasteiger partial charge in [0.15, 0.2) is 12.4 Å². The Kier molecular flexibility index (Phi) is 5.46. The lowest BCUT2D eigenvalue weighted by Gasteiger charge is -2.28. The van der Waals surface area contributed by atoms with Crippen molar-refractivity contribution >= 4 is 61.1 Å². The molecular weight excluding hydrogens is 518 g/mol. The van der Waals surface area contributed by atoms with E-state index in [4.69, 9.17) is 4.74 Å². The molecule has 1 aromatic rings. The van der Waals surface area contributed by atoms with Crippen LogP contribution in [-0.4, -0.2) is 39.8 Å². The van der Waals surface area contributed by atoms with Crippen molar-refractivity contribution in [2.45, 2.75) is 36.8 Å². The highest BCUT2D eigenvalue weighted by Crippen LogP contribution is 2.60. The summed E-state index contributed by atoms with van der Waals surface area (Å²) in [6.07, 6.45) is 0.862. The van der Waals surface area contributed by atoms with Crippen molar-refractivity contribution in [2.24, 2.45) is 29.1 Å². The van der Waals surface area contributed by atoms with Crippen LogP contribution < -0.4 is 4.90 Å². The summed E-state index contributed by atoms with van der Waals surface area (Å²) in [6, 6.07) is 6.29. The van der Waals surface area contributed by atoms with Crippen molar-refractivity contribution in [3.63, 3.8) is 0 Å². The van der Waals surface area contributed by atoms with Crippen molar-refractivity contribution in [1.82, 2.24) is 0 Å².